The van der Waals surface area contributed by atoms with Crippen molar-refractivity contribution in [3.63, 3.8) is 0 Å². The van der Waals surface area contributed by atoms with Gasteiger partial charge in [0.15, 0.2) is 0 Å². The third-order valence-corrected chi connectivity index (χ3v) is 2.68. The van der Waals surface area contributed by atoms with Gasteiger partial charge in [-0.15, -0.1) is 9.05 Å². The third kappa shape index (κ3) is 32.3. The smallest absolute Gasteiger partial charge is 0.566 e. The van der Waals surface area contributed by atoms with E-state index in [-0.39, 0.29) is 17.4 Å². The van der Waals surface area contributed by atoms with Gasteiger partial charge in [0.2, 0.25) is 0 Å². The maximum Gasteiger partial charge on any atom is 2.00 e. The summed E-state index contributed by atoms with van der Waals surface area (Å²) in [6, 6.07) is 0. The van der Waals surface area contributed by atoms with Crippen molar-refractivity contribution in [3.8, 4) is 0 Å². The molecule has 0 bridgehead atoms. The first kappa shape index (κ1) is 24.6. The first-order valence-electron chi connectivity index (χ1n) is 6.09. The summed E-state index contributed by atoms with van der Waals surface area (Å²) in [5.41, 5.74) is 0. The molecule has 2 atom stereocenters. The Morgan fingerprint density at radius 3 is 1.32 bits per heavy atom. The molecule has 0 amide bonds. The van der Waals surface area contributed by atoms with Crippen LogP contribution in [-0.2, 0) is 35.5 Å². The zero-order chi connectivity index (χ0) is 14.2. The maximum absolute atomic E-state index is 9.78. The van der Waals surface area contributed by atoms with E-state index >= 15 is 0 Å². The first-order chi connectivity index (χ1) is 8.54. The normalized spacial score (nSPS) is 10.9. The summed E-state index contributed by atoms with van der Waals surface area (Å²) in [6.45, 7) is 4.79. The van der Waals surface area contributed by atoms with Gasteiger partial charge >= 0.3 is 33.9 Å². The second-order valence-corrected chi connectivity index (χ2v) is 4.94. The minimum absolute atomic E-state index is 0. The molecule has 0 aliphatic heterocycles. The van der Waals surface area contributed by atoms with Crippen LogP contribution < -0.4 is 9.79 Å². The molecule has 0 spiro atoms. The van der Waals surface area contributed by atoms with E-state index in [2.05, 4.69) is 22.9 Å². The van der Waals surface area contributed by atoms with Gasteiger partial charge in [0.25, 0.3) is 0 Å². The Kier molecular flexibility index (Phi) is 27.0. The van der Waals surface area contributed by atoms with Crippen LogP contribution in [0.1, 0.15) is 52.4 Å². The molecule has 0 aromatic heterocycles. The summed E-state index contributed by atoms with van der Waals surface area (Å²) in [6.07, 6.45) is 5.89. The van der Waals surface area contributed by atoms with Gasteiger partial charge < -0.3 is 9.79 Å². The molecule has 0 aromatic rings. The molecule has 0 radical (unpaired) electrons. The molecule has 112 valence electrons. The topological polar surface area (TPSA) is 98.7 Å². The Labute approximate surface area is 127 Å². The van der Waals surface area contributed by atoms with Crippen LogP contribution in [0.2, 0.25) is 0 Å². The fraction of sp³-hybridized carbons (Fsp3) is 1.00. The minimum atomic E-state index is -2.62. The Morgan fingerprint density at radius 2 is 1.11 bits per heavy atom. The molecular weight excluding hydrogens is 330 g/mol. The molecule has 9 heteroatoms. The van der Waals surface area contributed by atoms with E-state index in [0.29, 0.717) is 13.2 Å². The average molecular weight is 352 g/mol. The summed E-state index contributed by atoms with van der Waals surface area (Å²) in [4.78, 5) is 19.6. The number of rotatable bonds is 10. The van der Waals surface area contributed by atoms with Crippen molar-refractivity contribution < 1.29 is 45.3 Å². The van der Waals surface area contributed by atoms with Crippen molar-refractivity contribution in [2.75, 3.05) is 13.2 Å². The van der Waals surface area contributed by atoms with Crippen LogP contribution in [0, 0.1) is 0 Å². The van der Waals surface area contributed by atoms with Crippen LogP contribution in [-0.4, -0.2) is 13.2 Å². The standard InChI is InChI=1S/2C5H11O3P.Cr/c2*1-2-3-4-5-8-9(6)7;/h2*2-5H2,1H3;/q;;+2. The summed E-state index contributed by atoms with van der Waals surface area (Å²) in [7, 11) is -5.23. The maximum atomic E-state index is 9.78. The molecule has 0 fully saturated rings. The van der Waals surface area contributed by atoms with Gasteiger partial charge in [-0.3, -0.25) is 0 Å². The van der Waals surface area contributed by atoms with E-state index in [1.807, 2.05) is 0 Å². The van der Waals surface area contributed by atoms with E-state index in [9.17, 15) is 18.9 Å². The van der Waals surface area contributed by atoms with Gasteiger partial charge in [-0.05, 0) is 22.0 Å². The molecule has 0 heterocycles. The molecule has 6 nitrogen and oxygen atoms in total. The van der Waals surface area contributed by atoms with Crippen molar-refractivity contribution >= 4 is 16.5 Å². The van der Waals surface area contributed by atoms with Crippen molar-refractivity contribution in [1.29, 1.82) is 0 Å². The molecule has 0 saturated carbocycles. The monoisotopic (exact) mass is 352 g/mol. The van der Waals surface area contributed by atoms with Crippen LogP contribution >= 0.6 is 16.5 Å². The molecule has 0 aliphatic carbocycles. The van der Waals surface area contributed by atoms with E-state index in [1.165, 1.54) is 0 Å². The predicted octanol–water partition coefficient (Wildman–Crippen LogP) is 2.42. The van der Waals surface area contributed by atoms with Gasteiger partial charge in [-0.2, -0.15) is 0 Å². The van der Waals surface area contributed by atoms with Crippen LogP contribution in [0.25, 0.3) is 0 Å². The van der Waals surface area contributed by atoms with E-state index in [1.54, 1.807) is 0 Å². The van der Waals surface area contributed by atoms with Crippen molar-refractivity contribution in [3.05, 3.63) is 0 Å². The van der Waals surface area contributed by atoms with Gasteiger partial charge in [0.05, 0.1) is 0 Å². The first-order valence-corrected chi connectivity index (χ1v) is 8.28. The van der Waals surface area contributed by atoms with Crippen LogP contribution in [0.15, 0.2) is 0 Å². The summed E-state index contributed by atoms with van der Waals surface area (Å²) >= 11 is 0. The Hall–Kier alpha value is 0.572. The Balaban J connectivity index is -0.000000256. The van der Waals surface area contributed by atoms with Gasteiger partial charge in [-0.1, -0.05) is 39.5 Å². The van der Waals surface area contributed by atoms with Gasteiger partial charge in [0, 0.05) is 0 Å². The average Bonchev–Trinajstić information content (AvgIpc) is 2.31. The van der Waals surface area contributed by atoms with Gasteiger partial charge in [0.1, 0.15) is 13.2 Å². The predicted molar refractivity (Wildman–Crippen MR) is 66.2 cm³/mol. The van der Waals surface area contributed by atoms with Crippen molar-refractivity contribution in [2.24, 2.45) is 0 Å². The van der Waals surface area contributed by atoms with Crippen molar-refractivity contribution in [1.82, 2.24) is 0 Å². The van der Waals surface area contributed by atoms with E-state index in [0.717, 1.165) is 38.5 Å². The fourth-order valence-corrected chi connectivity index (χ4v) is 1.54. The van der Waals surface area contributed by atoms with Crippen LogP contribution in [0.5, 0.6) is 0 Å². The van der Waals surface area contributed by atoms with Crippen LogP contribution in [0.3, 0.4) is 0 Å². The SMILES string of the molecule is CCCCCO[P+](=O)[O-].CCCCCO[P+](=O)[O-].[Cr+2]. The number of hydrogen-bond donors (Lipinski definition) is 0. The summed E-state index contributed by atoms with van der Waals surface area (Å²) in [5.74, 6) is 0. The molecule has 0 rings (SSSR count). The summed E-state index contributed by atoms with van der Waals surface area (Å²) < 4.78 is 28.1. The van der Waals surface area contributed by atoms with E-state index in [4.69, 9.17) is 0 Å². The van der Waals surface area contributed by atoms with Gasteiger partial charge in [-0.25, -0.2) is 0 Å². The molecule has 2 unspecified atom stereocenters. The molecule has 0 saturated heterocycles. The second kappa shape index (κ2) is 20.9. The molecule has 0 N–H and O–H groups in total. The molecular formula is C10H22CrO6P2+2. The van der Waals surface area contributed by atoms with Crippen molar-refractivity contribution in [2.45, 2.75) is 52.4 Å². The summed E-state index contributed by atoms with van der Waals surface area (Å²) in [5, 5.41) is 0. The molecule has 0 aromatic carbocycles. The zero-order valence-electron chi connectivity index (χ0n) is 11.4. The quantitative estimate of drug-likeness (QED) is 0.442. The fourth-order valence-electron chi connectivity index (χ4n) is 0.982. The number of hydrogen-bond acceptors (Lipinski definition) is 6. The zero-order valence-corrected chi connectivity index (χ0v) is 14.5. The largest absolute Gasteiger partial charge is 2.00 e. The third-order valence-electron chi connectivity index (χ3n) is 1.89. The van der Waals surface area contributed by atoms with Crippen LogP contribution in [0.4, 0.5) is 0 Å². The minimum Gasteiger partial charge on any atom is -0.566 e. The number of unbranched alkanes of at least 4 members (excludes halogenated alkanes) is 4. The molecule has 0 aliphatic rings. The Morgan fingerprint density at radius 1 is 0.789 bits per heavy atom. The van der Waals surface area contributed by atoms with E-state index < -0.39 is 16.5 Å². The second-order valence-electron chi connectivity index (χ2n) is 3.53. The Bertz CT molecular complexity index is 196. The molecule has 19 heavy (non-hydrogen) atoms.